The lowest BCUT2D eigenvalue weighted by Crippen LogP contribution is -2.60. The zero-order valence-electron chi connectivity index (χ0n) is 40.7. The van der Waals surface area contributed by atoms with Crippen molar-refractivity contribution in [2.24, 2.45) is 0 Å². The molecule has 1 aliphatic rings. The molecule has 0 amide bonds. The molecule has 12 nitrogen and oxygen atoms in total. The number of rotatable bonds is 45. The van der Waals surface area contributed by atoms with Crippen molar-refractivity contribution in [3.63, 3.8) is 0 Å². The Morgan fingerprint density at radius 3 is 1.34 bits per heavy atom. The molecule has 0 aromatic rings. The SMILES string of the molecule is CCCC/C=C/CCCCCCCCCCCC(=O)OC[C@H](CO[C@H]1O[C@H](CS(=O)(=O)O)[C@@H](O)C(O)C1O)OC(=O)CCCCCCCCCCCCCCCCCCCCCCC. The lowest BCUT2D eigenvalue weighted by atomic mass is 10.00. The zero-order valence-corrected chi connectivity index (χ0v) is 41.5. The second kappa shape index (κ2) is 41.6. The lowest BCUT2D eigenvalue weighted by molar-refractivity contribution is -0.297. The summed E-state index contributed by atoms with van der Waals surface area (Å²) in [5.41, 5.74) is 0. The molecular formula is C51H96O12S. The van der Waals surface area contributed by atoms with Crippen molar-refractivity contribution >= 4 is 22.1 Å². The van der Waals surface area contributed by atoms with Crippen LogP contribution in [0.4, 0.5) is 0 Å². The first-order chi connectivity index (χ1) is 31.0. The van der Waals surface area contributed by atoms with Gasteiger partial charge in [-0.05, 0) is 32.1 Å². The molecule has 6 atom stereocenters. The highest BCUT2D eigenvalue weighted by Crippen LogP contribution is 2.24. The highest BCUT2D eigenvalue weighted by molar-refractivity contribution is 7.85. The fraction of sp³-hybridized carbons (Fsp3) is 0.922. The first-order valence-corrected chi connectivity index (χ1v) is 27.9. The van der Waals surface area contributed by atoms with Crippen LogP contribution in [0.1, 0.15) is 245 Å². The summed E-state index contributed by atoms with van der Waals surface area (Å²) in [6, 6.07) is 0. The van der Waals surface area contributed by atoms with Crippen LogP contribution in [-0.2, 0) is 38.7 Å². The number of allylic oxidation sites excluding steroid dienone is 2. The van der Waals surface area contributed by atoms with Crippen molar-refractivity contribution < 1.29 is 56.8 Å². The molecule has 4 N–H and O–H groups in total. The van der Waals surface area contributed by atoms with Crippen molar-refractivity contribution in [2.75, 3.05) is 19.0 Å². The summed E-state index contributed by atoms with van der Waals surface area (Å²) in [5.74, 6) is -1.97. The third-order valence-electron chi connectivity index (χ3n) is 12.3. The number of aliphatic hydroxyl groups excluding tert-OH is 3. The van der Waals surface area contributed by atoms with E-state index in [0.29, 0.717) is 12.8 Å². The molecule has 1 rings (SSSR count). The van der Waals surface area contributed by atoms with Gasteiger partial charge < -0.3 is 34.3 Å². The largest absolute Gasteiger partial charge is 0.462 e. The van der Waals surface area contributed by atoms with Crippen molar-refractivity contribution in [1.82, 2.24) is 0 Å². The first-order valence-electron chi connectivity index (χ1n) is 26.2. The van der Waals surface area contributed by atoms with E-state index in [0.717, 1.165) is 38.5 Å². The monoisotopic (exact) mass is 933 g/mol. The highest BCUT2D eigenvalue weighted by atomic mass is 32.2. The zero-order chi connectivity index (χ0) is 46.9. The van der Waals surface area contributed by atoms with Gasteiger partial charge in [0.1, 0.15) is 36.8 Å². The fourth-order valence-corrected chi connectivity index (χ4v) is 8.94. The van der Waals surface area contributed by atoms with Gasteiger partial charge >= 0.3 is 11.9 Å². The topological polar surface area (TPSA) is 186 Å². The van der Waals surface area contributed by atoms with Crippen LogP contribution in [0.3, 0.4) is 0 Å². The Kier molecular flexibility index (Phi) is 39.2. The van der Waals surface area contributed by atoms with Crippen molar-refractivity contribution in [1.29, 1.82) is 0 Å². The minimum absolute atomic E-state index is 0.170. The number of hydrogen-bond acceptors (Lipinski definition) is 11. The van der Waals surface area contributed by atoms with Crippen LogP contribution in [0.15, 0.2) is 12.2 Å². The van der Waals surface area contributed by atoms with Gasteiger partial charge in [-0.2, -0.15) is 8.42 Å². The second-order valence-electron chi connectivity index (χ2n) is 18.5. The Bertz CT molecular complexity index is 1230. The van der Waals surface area contributed by atoms with Crippen LogP contribution >= 0.6 is 0 Å². The Morgan fingerprint density at radius 1 is 0.516 bits per heavy atom. The Morgan fingerprint density at radius 2 is 0.906 bits per heavy atom. The van der Waals surface area contributed by atoms with E-state index in [9.17, 15) is 37.9 Å². The van der Waals surface area contributed by atoms with Crippen LogP contribution < -0.4 is 0 Å². The maximum Gasteiger partial charge on any atom is 0.306 e. The summed E-state index contributed by atoms with van der Waals surface area (Å²) in [4.78, 5) is 25.5. The van der Waals surface area contributed by atoms with Gasteiger partial charge in [0, 0.05) is 12.8 Å². The van der Waals surface area contributed by atoms with Crippen LogP contribution in [0.5, 0.6) is 0 Å². The Labute approximate surface area is 390 Å². The average Bonchev–Trinajstić information content (AvgIpc) is 3.26. The van der Waals surface area contributed by atoms with Gasteiger partial charge in [-0.15, -0.1) is 0 Å². The molecule has 2 unspecified atom stereocenters. The molecule has 1 heterocycles. The van der Waals surface area contributed by atoms with E-state index in [1.807, 2.05) is 0 Å². The molecular weight excluding hydrogens is 837 g/mol. The van der Waals surface area contributed by atoms with Crippen molar-refractivity contribution in [3.05, 3.63) is 12.2 Å². The third kappa shape index (κ3) is 35.6. The molecule has 0 aliphatic carbocycles. The number of carbonyl (C=O) groups excluding carboxylic acids is 2. The standard InChI is InChI=1S/C51H96O12S/c1-3-5-7-9-11-13-15-17-19-20-21-22-23-24-26-28-30-32-34-36-38-40-47(53)62-44(42-61-51-50(56)49(55)48(54)45(63-51)43-64(57,58)59)41-60-46(52)39-37-35-33-31-29-27-25-18-16-14-12-10-8-6-4-2/h10,12,44-45,48-51,54-56H,3-9,11,13-43H2,1-2H3,(H,57,58,59)/b12-10+/t44-,45-,48-,49?,50?,51+/m1/s1. The second-order valence-corrected chi connectivity index (χ2v) is 20.0. The van der Waals surface area contributed by atoms with Crippen LogP contribution in [-0.4, -0.2) is 96.0 Å². The smallest absolute Gasteiger partial charge is 0.306 e. The van der Waals surface area contributed by atoms with Crippen LogP contribution in [0.25, 0.3) is 0 Å². The van der Waals surface area contributed by atoms with Gasteiger partial charge in [0.2, 0.25) is 0 Å². The Balaban J connectivity index is 2.34. The summed E-state index contributed by atoms with van der Waals surface area (Å²) in [6.45, 7) is 3.77. The van der Waals surface area contributed by atoms with Crippen LogP contribution in [0, 0.1) is 0 Å². The average molecular weight is 933 g/mol. The molecule has 1 fully saturated rings. The van der Waals surface area contributed by atoms with Crippen LogP contribution in [0.2, 0.25) is 0 Å². The maximum absolute atomic E-state index is 12.9. The summed E-state index contributed by atoms with van der Waals surface area (Å²) in [5, 5.41) is 31.0. The van der Waals surface area contributed by atoms with Crippen molar-refractivity contribution in [2.45, 2.75) is 282 Å². The fourth-order valence-electron chi connectivity index (χ4n) is 8.25. The predicted molar refractivity (Wildman–Crippen MR) is 257 cm³/mol. The molecule has 1 aliphatic heterocycles. The molecule has 64 heavy (non-hydrogen) atoms. The summed E-state index contributed by atoms with van der Waals surface area (Å²) in [6.07, 6.45) is 36.8. The van der Waals surface area contributed by atoms with E-state index in [1.54, 1.807) is 0 Å². The van der Waals surface area contributed by atoms with E-state index in [2.05, 4.69) is 26.0 Å². The molecule has 13 heteroatoms. The van der Waals surface area contributed by atoms with E-state index in [-0.39, 0.29) is 19.4 Å². The molecule has 0 radical (unpaired) electrons. The van der Waals surface area contributed by atoms with E-state index in [1.165, 1.54) is 167 Å². The van der Waals surface area contributed by atoms with E-state index in [4.69, 9.17) is 18.9 Å². The molecule has 1 saturated heterocycles. The number of ether oxygens (including phenoxy) is 4. The minimum Gasteiger partial charge on any atom is -0.462 e. The normalized spacial score (nSPS) is 19.6. The van der Waals surface area contributed by atoms with E-state index < -0.39 is 71.2 Å². The molecule has 0 spiro atoms. The Hall–Kier alpha value is -1.61. The predicted octanol–water partition coefficient (Wildman–Crippen LogP) is 11.8. The molecule has 0 aromatic carbocycles. The lowest BCUT2D eigenvalue weighted by Gasteiger charge is -2.40. The number of unbranched alkanes of at least 4 members (excludes halogenated alkanes) is 31. The first kappa shape index (κ1) is 60.4. The summed E-state index contributed by atoms with van der Waals surface area (Å²) >= 11 is 0. The van der Waals surface area contributed by atoms with Crippen molar-refractivity contribution in [3.8, 4) is 0 Å². The number of carbonyl (C=O) groups is 2. The van der Waals surface area contributed by atoms with Gasteiger partial charge in [-0.1, -0.05) is 212 Å². The molecule has 0 aromatic heterocycles. The molecule has 378 valence electrons. The molecule has 0 saturated carbocycles. The molecule has 0 bridgehead atoms. The van der Waals surface area contributed by atoms with E-state index >= 15 is 0 Å². The highest BCUT2D eigenvalue weighted by Gasteiger charge is 2.46. The summed E-state index contributed by atoms with van der Waals surface area (Å²) in [7, 11) is -4.60. The van der Waals surface area contributed by atoms with Gasteiger partial charge in [0.05, 0.1) is 6.61 Å². The summed E-state index contributed by atoms with van der Waals surface area (Å²) < 4.78 is 54.3. The third-order valence-corrected chi connectivity index (χ3v) is 13.1. The quantitative estimate of drug-likeness (QED) is 0.0196. The van der Waals surface area contributed by atoms with Gasteiger partial charge in [-0.25, -0.2) is 0 Å². The number of aliphatic hydroxyl groups is 3. The van der Waals surface area contributed by atoms with Gasteiger partial charge in [0.25, 0.3) is 10.1 Å². The number of hydrogen-bond donors (Lipinski definition) is 4. The van der Waals surface area contributed by atoms with Gasteiger partial charge in [0.15, 0.2) is 12.4 Å². The maximum atomic E-state index is 12.9. The minimum atomic E-state index is -4.60. The van der Waals surface area contributed by atoms with Gasteiger partial charge in [-0.3, -0.25) is 14.1 Å². The number of esters is 2.